The second kappa shape index (κ2) is 5.02. The van der Waals surface area contributed by atoms with Crippen LogP contribution in [0.15, 0.2) is 15.9 Å². The molecule has 17 heavy (non-hydrogen) atoms. The van der Waals surface area contributed by atoms with Crippen LogP contribution in [0.5, 0.6) is 0 Å². The lowest BCUT2D eigenvalue weighted by molar-refractivity contribution is 0.505. The number of likely N-dealkylation sites (N-methyl/N-ethyl adjacent to an activating group) is 1. The third kappa shape index (κ3) is 2.58. The number of nitrogens with zero attached hydrogens (tertiary/aromatic N) is 1. The minimum Gasteiger partial charge on any atom is -0.466 e. The molecule has 0 aromatic carbocycles. The van der Waals surface area contributed by atoms with Gasteiger partial charge in [-0.05, 0) is 27.0 Å². The Morgan fingerprint density at radius 1 is 1.47 bits per heavy atom. The third-order valence-corrected chi connectivity index (χ3v) is 3.85. The quantitative estimate of drug-likeness (QED) is 0.904. The van der Waals surface area contributed by atoms with Crippen molar-refractivity contribution in [3.63, 3.8) is 0 Å². The average molecular weight is 250 g/mol. The lowest BCUT2D eigenvalue weighted by Crippen LogP contribution is -2.14. The Morgan fingerprint density at radius 2 is 2.24 bits per heavy atom. The van der Waals surface area contributed by atoms with Gasteiger partial charge in [-0.15, -0.1) is 11.3 Å². The summed E-state index contributed by atoms with van der Waals surface area (Å²) < 4.78 is 5.54. The summed E-state index contributed by atoms with van der Waals surface area (Å²) in [6.45, 7) is 7.09. The number of hydrogen-bond donors (Lipinski definition) is 1. The van der Waals surface area contributed by atoms with Gasteiger partial charge in [0.1, 0.15) is 11.5 Å². The van der Waals surface area contributed by atoms with E-state index in [9.17, 15) is 0 Å². The molecule has 0 amide bonds. The first kappa shape index (κ1) is 12.3. The molecule has 0 saturated carbocycles. The van der Waals surface area contributed by atoms with Crippen molar-refractivity contribution in [2.24, 2.45) is 0 Å². The highest BCUT2D eigenvalue weighted by atomic mass is 32.1. The monoisotopic (exact) mass is 250 g/mol. The van der Waals surface area contributed by atoms with Crippen LogP contribution >= 0.6 is 11.3 Å². The van der Waals surface area contributed by atoms with Crippen LogP contribution in [-0.2, 0) is 0 Å². The van der Waals surface area contributed by atoms with Crippen molar-refractivity contribution >= 4 is 11.3 Å². The van der Waals surface area contributed by atoms with Crippen molar-refractivity contribution in [2.75, 3.05) is 13.6 Å². The van der Waals surface area contributed by atoms with E-state index in [0.29, 0.717) is 5.92 Å². The van der Waals surface area contributed by atoms with E-state index in [2.05, 4.69) is 23.7 Å². The molecule has 4 heteroatoms. The molecule has 0 aliphatic carbocycles. The third-order valence-electron chi connectivity index (χ3n) is 2.77. The summed E-state index contributed by atoms with van der Waals surface area (Å²) in [4.78, 5) is 4.69. The van der Waals surface area contributed by atoms with Gasteiger partial charge < -0.3 is 9.73 Å². The molecule has 1 unspecified atom stereocenters. The predicted molar refractivity (Wildman–Crippen MR) is 71.6 cm³/mol. The van der Waals surface area contributed by atoms with Gasteiger partial charge in [0, 0.05) is 23.4 Å². The fourth-order valence-corrected chi connectivity index (χ4v) is 2.80. The molecule has 0 aliphatic heterocycles. The van der Waals surface area contributed by atoms with E-state index in [0.717, 1.165) is 29.3 Å². The van der Waals surface area contributed by atoms with Crippen LogP contribution in [0.2, 0.25) is 0 Å². The molecule has 2 aromatic heterocycles. The van der Waals surface area contributed by atoms with Crippen LogP contribution in [0.3, 0.4) is 0 Å². The van der Waals surface area contributed by atoms with E-state index in [1.165, 1.54) is 5.01 Å². The maximum atomic E-state index is 5.54. The number of aryl methyl sites for hydroxylation is 2. The highest BCUT2D eigenvalue weighted by Crippen LogP contribution is 2.30. The fourth-order valence-electron chi connectivity index (χ4n) is 1.92. The first-order valence-electron chi connectivity index (χ1n) is 5.79. The first-order chi connectivity index (χ1) is 8.11. The molecule has 2 aromatic rings. The van der Waals surface area contributed by atoms with Crippen LogP contribution < -0.4 is 5.32 Å². The average Bonchev–Trinajstić information content (AvgIpc) is 2.85. The summed E-state index contributed by atoms with van der Waals surface area (Å²) in [5, 5.41) is 6.46. The number of rotatable bonds is 4. The van der Waals surface area contributed by atoms with Gasteiger partial charge >= 0.3 is 0 Å². The number of furan rings is 1. The largest absolute Gasteiger partial charge is 0.466 e. The minimum atomic E-state index is 0.451. The minimum absolute atomic E-state index is 0.451. The highest BCUT2D eigenvalue weighted by molar-refractivity contribution is 7.10. The fraction of sp³-hybridized carbons (Fsp3) is 0.462. The van der Waals surface area contributed by atoms with Crippen LogP contribution in [0.25, 0.3) is 11.3 Å². The number of aromatic nitrogens is 1. The Kier molecular flexibility index (Phi) is 3.64. The van der Waals surface area contributed by atoms with Crippen molar-refractivity contribution in [3.05, 3.63) is 28.0 Å². The second-order valence-corrected chi connectivity index (χ2v) is 5.25. The van der Waals surface area contributed by atoms with E-state index in [4.69, 9.17) is 9.40 Å². The molecule has 1 atom stereocenters. The van der Waals surface area contributed by atoms with Gasteiger partial charge in [0.15, 0.2) is 0 Å². The summed E-state index contributed by atoms with van der Waals surface area (Å²) in [5.41, 5.74) is 2.14. The van der Waals surface area contributed by atoms with Gasteiger partial charge in [-0.2, -0.15) is 0 Å². The van der Waals surface area contributed by atoms with E-state index in [-0.39, 0.29) is 0 Å². The van der Waals surface area contributed by atoms with Gasteiger partial charge in [-0.3, -0.25) is 0 Å². The topological polar surface area (TPSA) is 38.1 Å². The molecule has 0 fully saturated rings. The van der Waals surface area contributed by atoms with E-state index < -0.39 is 0 Å². The molecule has 0 bridgehead atoms. The Labute approximate surface area is 106 Å². The van der Waals surface area contributed by atoms with Gasteiger partial charge in [0.05, 0.1) is 10.7 Å². The van der Waals surface area contributed by atoms with E-state index in [1.54, 1.807) is 11.3 Å². The molecular formula is C13H18N2OS. The smallest absolute Gasteiger partial charge is 0.110 e. The van der Waals surface area contributed by atoms with Crippen molar-refractivity contribution < 1.29 is 4.42 Å². The van der Waals surface area contributed by atoms with Gasteiger partial charge in [-0.25, -0.2) is 4.98 Å². The van der Waals surface area contributed by atoms with Crippen LogP contribution in [0.4, 0.5) is 0 Å². The summed E-state index contributed by atoms with van der Waals surface area (Å²) in [6.07, 6.45) is 0. The summed E-state index contributed by atoms with van der Waals surface area (Å²) >= 11 is 1.72. The van der Waals surface area contributed by atoms with Crippen LogP contribution in [0, 0.1) is 13.8 Å². The molecule has 92 valence electrons. The normalized spacial score (nSPS) is 12.9. The van der Waals surface area contributed by atoms with Gasteiger partial charge in [0.25, 0.3) is 0 Å². The number of thiazole rings is 1. The first-order valence-corrected chi connectivity index (χ1v) is 6.67. The molecular weight excluding hydrogens is 232 g/mol. The van der Waals surface area contributed by atoms with Crippen molar-refractivity contribution in [1.82, 2.24) is 10.3 Å². The maximum absolute atomic E-state index is 5.54. The molecule has 0 aliphatic rings. The van der Waals surface area contributed by atoms with Gasteiger partial charge in [-0.1, -0.05) is 6.92 Å². The zero-order chi connectivity index (χ0) is 12.4. The summed E-state index contributed by atoms with van der Waals surface area (Å²) in [7, 11) is 1.97. The standard InChI is InChI=1S/C13H18N2OS/c1-8(6-14-4)13-15-12(7-17-13)11-5-9(2)16-10(11)3/h5,7-8,14H,6H2,1-4H3. The van der Waals surface area contributed by atoms with Crippen molar-refractivity contribution in [3.8, 4) is 11.3 Å². The van der Waals surface area contributed by atoms with Crippen LogP contribution in [-0.4, -0.2) is 18.6 Å². The Morgan fingerprint density at radius 3 is 2.82 bits per heavy atom. The molecule has 1 N–H and O–H groups in total. The van der Waals surface area contributed by atoms with Crippen molar-refractivity contribution in [1.29, 1.82) is 0 Å². The Bertz CT molecular complexity index is 501. The molecule has 3 nitrogen and oxygen atoms in total. The van der Waals surface area contributed by atoms with Crippen LogP contribution in [0.1, 0.15) is 29.4 Å². The zero-order valence-electron chi connectivity index (χ0n) is 10.7. The SMILES string of the molecule is CNCC(C)c1nc(-c2cc(C)oc2C)cs1. The molecule has 0 radical (unpaired) electrons. The lowest BCUT2D eigenvalue weighted by Gasteiger charge is -2.05. The number of hydrogen-bond acceptors (Lipinski definition) is 4. The second-order valence-electron chi connectivity index (χ2n) is 4.36. The van der Waals surface area contributed by atoms with Gasteiger partial charge in [0.2, 0.25) is 0 Å². The van der Waals surface area contributed by atoms with E-state index in [1.807, 2.05) is 20.9 Å². The highest BCUT2D eigenvalue weighted by Gasteiger charge is 2.14. The van der Waals surface area contributed by atoms with Crippen molar-refractivity contribution in [2.45, 2.75) is 26.7 Å². The molecule has 2 heterocycles. The Balaban J connectivity index is 2.26. The molecule has 2 rings (SSSR count). The summed E-state index contributed by atoms with van der Waals surface area (Å²) in [6, 6.07) is 2.05. The zero-order valence-corrected chi connectivity index (χ0v) is 11.5. The summed E-state index contributed by atoms with van der Waals surface area (Å²) in [5.74, 6) is 2.34. The lowest BCUT2D eigenvalue weighted by atomic mass is 10.2. The molecule has 0 saturated heterocycles. The molecule has 0 spiro atoms. The Hall–Kier alpha value is -1.13. The number of nitrogens with one attached hydrogen (secondary N) is 1. The maximum Gasteiger partial charge on any atom is 0.110 e. The predicted octanol–water partition coefficient (Wildman–Crippen LogP) is 3.34. The van der Waals surface area contributed by atoms with E-state index >= 15 is 0 Å².